The number of aryl methyl sites for hydroxylation is 1. The number of fused-ring (bicyclic) bond motifs is 1. The molecule has 2 aliphatic rings. The zero-order valence-corrected chi connectivity index (χ0v) is 12.7. The number of benzene rings is 1. The van der Waals surface area contributed by atoms with Gasteiger partial charge in [0.25, 0.3) is 0 Å². The fourth-order valence-electron chi connectivity index (χ4n) is 3.22. The Morgan fingerprint density at radius 2 is 2.32 bits per heavy atom. The number of aromatic nitrogens is 2. The van der Waals surface area contributed by atoms with E-state index in [1.54, 1.807) is 0 Å². The van der Waals surface area contributed by atoms with Crippen LogP contribution in [0.2, 0.25) is 0 Å². The largest absolute Gasteiger partial charge is 0.454 e. The molecule has 0 saturated carbocycles. The van der Waals surface area contributed by atoms with Crippen LogP contribution < -0.4 is 14.8 Å². The Hall–Kier alpha value is -2.05. The standard InChI is InChI=1S/C16H20N4O2/c1-19-7-6-18-16(19)13-9-17-5-8-20(13)10-12-3-2-4-14-15(12)22-11-21-14/h2-4,6-7,13,17H,5,8-11H2,1H3. The molecule has 1 aromatic heterocycles. The van der Waals surface area contributed by atoms with Gasteiger partial charge in [-0.25, -0.2) is 4.98 Å². The lowest BCUT2D eigenvalue weighted by Crippen LogP contribution is -2.46. The van der Waals surface area contributed by atoms with E-state index in [1.807, 2.05) is 31.6 Å². The number of piperazine rings is 1. The SMILES string of the molecule is Cn1ccnc1C1CNCCN1Cc1cccc2c1OCO2. The Bertz CT molecular complexity index is 670. The van der Waals surface area contributed by atoms with E-state index in [-0.39, 0.29) is 6.04 Å². The zero-order valence-electron chi connectivity index (χ0n) is 12.7. The van der Waals surface area contributed by atoms with E-state index in [2.05, 4.69) is 25.8 Å². The molecular formula is C16H20N4O2. The number of ether oxygens (including phenoxy) is 2. The molecule has 2 aromatic rings. The molecular weight excluding hydrogens is 280 g/mol. The summed E-state index contributed by atoms with van der Waals surface area (Å²) in [6.45, 7) is 4.05. The van der Waals surface area contributed by atoms with Gasteiger partial charge in [0.05, 0.1) is 6.04 Å². The average molecular weight is 300 g/mol. The molecule has 0 spiro atoms. The molecule has 1 saturated heterocycles. The molecule has 0 aliphatic carbocycles. The van der Waals surface area contributed by atoms with Crippen molar-refractivity contribution in [3.8, 4) is 11.5 Å². The molecule has 1 aromatic carbocycles. The summed E-state index contributed by atoms with van der Waals surface area (Å²) in [6, 6.07) is 6.37. The van der Waals surface area contributed by atoms with Crippen molar-refractivity contribution in [2.75, 3.05) is 26.4 Å². The van der Waals surface area contributed by atoms with Crippen molar-refractivity contribution >= 4 is 0 Å². The Morgan fingerprint density at radius 1 is 1.36 bits per heavy atom. The van der Waals surface area contributed by atoms with Crippen LogP contribution in [0, 0.1) is 0 Å². The van der Waals surface area contributed by atoms with Crippen molar-refractivity contribution in [2.24, 2.45) is 7.05 Å². The minimum absolute atomic E-state index is 0.270. The van der Waals surface area contributed by atoms with Gasteiger partial charge < -0.3 is 19.4 Å². The molecule has 1 atom stereocenters. The number of nitrogens with one attached hydrogen (secondary N) is 1. The van der Waals surface area contributed by atoms with E-state index in [1.165, 1.54) is 5.56 Å². The topological polar surface area (TPSA) is 51.6 Å². The minimum atomic E-state index is 0.270. The Morgan fingerprint density at radius 3 is 3.18 bits per heavy atom. The van der Waals surface area contributed by atoms with E-state index >= 15 is 0 Å². The van der Waals surface area contributed by atoms with Gasteiger partial charge in [0.2, 0.25) is 6.79 Å². The van der Waals surface area contributed by atoms with Gasteiger partial charge in [-0.3, -0.25) is 4.90 Å². The Labute approximate surface area is 129 Å². The molecule has 0 bridgehead atoms. The van der Waals surface area contributed by atoms with Gasteiger partial charge in [-0.05, 0) is 6.07 Å². The highest BCUT2D eigenvalue weighted by atomic mass is 16.7. The van der Waals surface area contributed by atoms with Gasteiger partial charge >= 0.3 is 0 Å². The maximum atomic E-state index is 5.64. The minimum Gasteiger partial charge on any atom is -0.454 e. The molecule has 1 unspecified atom stereocenters. The summed E-state index contributed by atoms with van der Waals surface area (Å²) in [5.74, 6) is 2.83. The van der Waals surface area contributed by atoms with Crippen molar-refractivity contribution < 1.29 is 9.47 Å². The van der Waals surface area contributed by atoms with Gasteiger partial charge in [0, 0.05) is 51.2 Å². The van der Waals surface area contributed by atoms with E-state index in [0.29, 0.717) is 6.79 Å². The quantitative estimate of drug-likeness (QED) is 0.926. The zero-order chi connectivity index (χ0) is 14.9. The number of hydrogen-bond acceptors (Lipinski definition) is 5. The lowest BCUT2D eigenvalue weighted by Gasteiger charge is -2.35. The lowest BCUT2D eigenvalue weighted by molar-refractivity contribution is 0.140. The van der Waals surface area contributed by atoms with Crippen molar-refractivity contribution in [1.82, 2.24) is 19.8 Å². The molecule has 0 radical (unpaired) electrons. The third-order valence-corrected chi connectivity index (χ3v) is 4.36. The van der Waals surface area contributed by atoms with Crippen molar-refractivity contribution in [1.29, 1.82) is 0 Å². The highest BCUT2D eigenvalue weighted by Crippen LogP contribution is 2.37. The highest BCUT2D eigenvalue weighted by molar-refractivity contribution is 5.48. The second-order valence-electron chi connectivity index (χ2n) is 5.74. The van der Waals surface area contributed by atoms with Crippen molar-refractivity contribution in [3.63, 3.8) is 0 Å². The summed E-state index contributed by atoms with van der Waals surface area (Å²) >= 11 is 0. The molecule has 1 N–H and O–H groups in total. The van der Waals surface area contributed by atoms with Crippen LogP contribution in [0.25, 0.3) is 0 Å². The first-order valence-electron chi connectivity index (χ1n) is 7.62. The maximum absolute atomic E-state index is 5.64. The Kier molecular flexibility index (Phi) is 3.48. The summed E-state index contributed by atoms with van der Waals surface area (Å²) < 4.78 is 13.2. The van der Waals surface area contributed by atoms with E-state index in [4.69, 9.17) is 9.47 Å². The molecule has 0 amide bonds. The number of hydrogen-bond donors (Lipinski definition) is 1. The summed E-state index contributed by atoms with van der Waals surface area (Å²) in [4.78, 5) is 6.98. The fraction of sp³-hybridized carbons (Fsp3) is 0.438. The van der Waals surface area contributed by atoms with Crippen LogP contribution in [-0.4, -0.2) is 40.9 Å². The van der Waals surface area contributed by atoms with Crippen molar-refractivity contribution in [3.05, 3.63) is 42.0 Å². The molecule has 1 fully saturated rings. The molecule has 4 rings (SSSR count). The van der Waals surface area contributed by atoms with E-state index in [0.717, 1.165) is 43.5 Å². The van der Waals surface area contributed by atoms with Crippen LogP contribution in [0.4, 0.5) is 0 Å². The number of nitrogens with zero attached hydrogens (tertiary/aromatic N) is 3. The van der Waals surface area contributed by atoms with Crippen LogP contribution in [-0.2, 0) is 13.6 Å². The predicted octanol–water partition coefficient (Wildman–Crippen LogP) is 1.30. The first-order chi connectivity index (χ1) is 10.8. The second-order valence-corrected chi connectivity index (χ2v) is 5.74. The number of para-hydroxylation sites is 1. The molecule has 2 aliphatic heterocycles. The normalized spacial score (nSPS) is 21.2. The summed E-state index contributed by atoms with van der Waals surface area (Å²) in [5.41, 5.74) is 1.18. The molecule has 3 heterocycles. The maximum Gasteiger partial charge on any atom is 0.231 e. The summed E-state index contributed by atoms with van der Waals surface area (Å²) in [6.07, 6.45) is 3.86. The first-order valence-corrected chi connectivity index (χ1v) is 7.62. The molecule has 6 heteroatoms. The molecule has 116 valence electrons. The lowest BCUT2D eigenvalue weighted by atomic mass is 10.1. The van der Waals surface area contributed by atoms with Gasteiger partial charge in [0.15, 0.2) is 11.5 Å². The summed E-state index contributed by atoms with van der Waals surface area (Å²) in [5, 5.41) is 3.47. The second kappa shape index (κ2) is 5.62. The van der Waals surface area contributed by atoms with Crippen LogP contribution >= 0.6 is 0 Å². The van der Waals surface area contributed by atoms with Gasteiger partial charge in [-0.15, -0.1) is 0 Å². The van der Waals surface area contributed by atoms with Crippen LogP contribution in [0.15, 0.2) is 30.6 Å². The van der Waals surface area contributed by atoms with Gasteiger partial charge in [-0.1, -0.05) is 12.1 Å². The van der Waals surface area contributed by atoms with Crippen molar-refractivity contribution in [2.45, 2.75) is 12.6 Å². The Balaban J connectivity index is 1.61. The monoisotopic (exact) mass is 300 g/mol. The first kappa shape index (κ1) is 13.6. The number of rotatable bonds is 3. The summed E-state index contributed by atoms with van der Waals surface area (Å²) in [7, 11) is 2.05. The van der Waals surface area contributed by atoms with Crippen LogP contribution in [0.1, 0.15) is 17.4 Å². The predicted molar refractivity (Wildman–Crippen MR) is 81.8 cm³/mol. The molecule has 22 heavy (non-hydrogen) atoms. The van der Waals surface area contributed by atoms with E-state index < -0.39 is 0 Å². The van der Waals surface area contributed by atoms with Crippen LogP contribution in [0.5, 0.6) is 11.5 Å². The third kappa shape index (κ3) is 2.34. The number of imidazole rings is 1. The fourth-order valence-corrected chi connectivity index (χ4v) is 3.22. The smallest absolute Gasteiger partial charge is 0.231 e. The van der Waals surface area contributed by atoms with Crippen LogP contribution in [0.3, 0.4) is 0 Å². The average Bonchev–Trinajstić information content (AvgIpc) is 3.17. The van der Waals surface area contributed by atoms with Gasteiger partial charge in [0.1, 0.15) is 5.82 Å². The van der Waals surface area contributed by atoms with Gasteiger partial charge in [-0.2, -0.15) is 0 Å². The third-order valence-electron chi connectivity index (χ3n) is 4.36. The van der Waals surface area contributed by atoms with E-state index in [9.17, 15) is 0 Å². The molecule has 6 nitrogen and oxygen atoms in total. The highest BCUT2D eigenvalue weighted by Gasteiger charge is 2.28.